The Labute approximate surface area is 225 Å². The van der Waals surface area contributed by atoms with Crippen LogP contribution in [0.4, 0.5) is 14.9 Å². The van der Waals surface area contributed by atoms with E-state index in [0.29, 0.717) is 33.1 Å². The first-order chi connectivity index (χ1) is 17.2. The maximum atomic E-state index is 14.2. The van der Waals surface area contributed by atoms with Gasteiger partial charge in [0.25, 0.3) is 17.1 Å². The van der Waals surface area contributed by atoms with Gasteiger partial charge < -0.3 is 10.1 Å². The fourth-order valence-corrected chi connectivity index (χ4v) is 4.69. The smallest absolute Gasteiger partial charge is 0.293 e. The Hall–Kier alpha value is -3.04. The van der Waals surface area contributed by atoms with Crippen LogP contribution in [-0.4, -0.2) is 28.6 Å². The molecule has 0 unspecified atom stereocenters. The third-order valence-electron chi connectivity index (χ3n) is 5.02. The lowest BCUT2D eigenvalue weighted by Crippen LogP contribution is -2.28. The molecule has 6 nitrogen and oxygen atoms in total. The van der Waals surface area contributed by atoms with Gasteiger partial charge in [-0.3, -0.25) is 19.3 Å². The number of anilines is 1. The molecule has 0 aromatic heterocycles. The number of carbonyl (C=O) groups excluding carboxylic acids is 3. The minimum absolute atomic E-state index is 0.0408. The van der Waals surface area contributed by atoms with Gasteiger partial charge in [0.1, 0.15) is 11.6 Å². The summed E-state index contributed by atoms with van der Waals surface area (Å²) in [5, 5.41) is 2.92. The SMILES string of the molecule is O=C(COc1ccc(Cl)cc1/C=C1\SC(=O)N(Cc2c(F)cccc2Cl)C1=O)Nc1ccccc1Cl. The van der Waals surface area contributed by atoms with Crippen molar-refractivity contribution in [2.24, 2.45) is 0 Å². The Kier molecular flexibility index (Phi) is 8.21. The minimum atomic E-state index is -0.619. The molecular weight excluding hydrogens is 550 g/mol. The van der Waals surface area contributed by atoms with Crippen LogP contribution in [0.5, 0.6) is 5.75 Å². The lowest BCUT2D eigenvalue weighted by Gasteiger charge is -2.14. The van der Waals surface area contributed by atoms with Crippen molar-refractivity contribution in [2.75, 3.05) is 11.9 Å². The normalized spacial score (nSPS) is 14.4. The number of benzene rings is 3. The predicted octanol–water partition coefficient (Wildman–Crippen LogP) is 7.04. The number of nitrogens with one attached hydrogen (secondary N) is 1. The van der Waals surface area contributed by atoms with Crippen LogP contribution >= 0.6 is 46.6 Å². The number of halogens is 4. The van der Waals surface area contributed by atoms with Gasteiger partial charge in [-0.15, -0.1) is 0 Å². The molecule has 1 aliphatic heterocycles. The van der Waals surface area contributed by atoms with Crippen LogP contribution in [0.1, 0.15) is 11.1 Å². The number of amides is 3. The van der Waals surface area contributed by atoms with E-state index in [1.165, 1.54) is 30.3 Å². The largest absolute Gasteiger partial charge is 0.483 e. The molecule has 184 valence electrons. The minimum Gasteiger partial charge on any atom is -0.483 e. The second-order valence-corrected chi connectivity index (χ2v) is 9.71. The summed E-state index contributed by atoms with van der Waals surface area (Å²) in [4.78, 5) is 38.8. The van der Waals surface area contributed by atoms with Gasteiger partial charge in [0.05, 0.1) is 22.2 Å². The number of hydrogen-bond acceptors (Lipinski definition) is 5. The highest BCUT2D eigenvalue weighted by atomic mass is 35.5. The third kappa shape index (κ3) is 6.02. The van der Waals surface area contributed by atoms with Crippen LogP contribution < -0.4 is 10.1 Å². The fourth-order valence-electron chi connectivity index (χ4n) is 3.27. The van der Waals surface area contributed by atoms with Crippen molar-refractivity contribution in [2.45, 2.75) is 6.54 Å². The summed E-state index contributed by atoms with van der Waals surface area (Å²) in [5.74, 6) is -1.43. The zero-order valence-electron chi connectivity index (χ0n) is 18.3. The molecule has 0 atom stereocenters. The summed E-state index contributed by atoms with van der Waals surface area (Å²) >= 11 is 18.9. The van der Waals surface area contributed by atoms with Crippen molar-refractivity contribution in [3.8, 4) is 5.75 Å². The molecule has 1 fully saturated rings. The average Bonchev–Trinajstić information content (AvgIpc) is 3.09. The van der Waals surface area contributed by atoms with Gasteiger partial charge in [0.15, 0.2) is 6.61 Å². The van der Waals surface area contributed by atoms with Gasteiger partial charge in [0.2, 0.25) is 0 Å². The molecule has 4 rings (SSSR count). The van der Waals surface area contributed by atoms with Gasteiger partial charge in [-0.25, -0.2) is 4.39 Å². The van der Waals surface area contributed by atoms with Gasteiger partial charge in [-0.1, -0.05) is 53.0 Å². The Morgan fingerprint density at radius 3 is 2.53 bits per heavy atom. The number of para-hydroxylation sites is 1. The maximum Gasteiger partial charge on any atom is 0.293 e. The van der Waals surface area contributed by atoms with Gasteiger partial charge in [-0.2, -0.15) is 0 Å². The summed E-state index contributed by atoms with van der Waals surface area (Å²) in [5.41, 5.74) is 0.856. The summed E-state index contributed by atoms with van der Waals surface area (Å²) in [6, 6.07) is 15.5. The highest BCUT2D eigenvalue weighted by Crippen LogP contribution is 2.36. The van der Waals surface area contributed by atoms with Crippen LogP contribution in [-0.2, 0) is 16.1 Å². The molecule has 1 N–H and O–H groups in total. The van der Waals surface area contributed by atoms with Crippen LogP contribution in [0, 0.1) is 5.82 Å². The number of carbonyl (C=O) groups is 3. The lowest BCUT2D eigenvalue weighted by atomic mass is 10.1. The Balaban J connectivity index is 1.51. The third-order valence-corrected chi connectivity index (χ3v) is 6.84. The quantitative estimate of drug-likeness (QED) is 0.311. The number of hydrogen-bond donors (Lipinski definition) is 1. The zero-order valence-corrected chi connectivity index (χ0v) is 21.3. The zero-order chi connectivity index (χ0) is 25.8. The van der Waals surface area contributed by atoms with Crippen molar-refractivity contribution < 1.29 is 23.5 Å². The monoisotopic (exact) mass is 564 g/mol. The van der Waals surface area contributed by atoms with E-state index in [1.54, 1.807) is 36.4 Å². The Morgan fingerprint density at radius 2 is 1.78 bits per heavy atom. The number of nitrogens with zero attached hydrogens (tertiary/aromatic N) is 1. The maximum absolute atomic E-state index is 14.2. The van der Waals surface area contributed by atoms with Gasteiger partial charge in [-0.05, 0) is 60.3 Å². The lowest BCUT2D eigenvalue weighted by molar-refractivity contribution is -0.123. The van der Waals surface area contributed by atoms with Crippen molar-refractivity contribution in [3.05, 3.63) is 97.6 Å². The highest BCUT2D eigenvalue weighted by Gasteiger charge is 2.36. The molecule has 11 heteroatoms. The first-order valence-electron chi connectivity index (χ1n) is 10.4. The average molecular weight is 566 g/mol. The molecule has 0 saturated carbocycles. The molecule has 1 heterocycles. The molecule has 0 bridgehead atoms. The van der Waals surface area contributed by atoms with E-state index in [4.69, 9.17) is 39.5 Å². The van der Waals surface area contributed by atoms with Crippen molar-refractivity contribution >= 4 is 75.4 Å². The predicted molar refractivity (Wildman–Crippen MR) is 140 cm³/mol. The van der Waals surface area contributed by atoms with E-state index < -0.39 is 22.9 Å². The highest BCUT2D eigenvalue weighted by molar-refractivity contribution is 8.18. The number of rotatable bonds is 7. The first kappa shape index (κ1) is 26.0. The Bertz CT molecular complexity index is 1380. The number of thioether (sulfide) groups is 1. The van der Waals surface area contributed by atoms with Crippen molar-refractivity contribution in [3.63, 3.8) is 0 Å². The van der Waals surface area contributed by atoms with Gasteiger partial charge >= 0.3 is 0 Å². The van der Waals surface area contributed by atoms with Crippen molar-refractivity contribution in [1.29, 1.82) is 0 Å². The fraction of sp³-hybridized carbons (Fsp3) is 0.0800. The second-order valence-electron chi connectivity index (χ2n) is 7.47. The van der Waals surface area contributed by atoms with Crippen LogP contribution in [0.15, 0.2) is 65.6 Å². The number of ether oxygens (including phenoxy) is 1. The van der Waals surface area contributed by atoms with Crippen LogP contribution in [0.3, 0.4) is 0 Å². The summed E-state index contributed by atoms with van der Waals surface area (Å²) in [6.07, 6.45) is 1.43. The molecule has 0 aliphatic carbocycles. The molecule has 3 amide bonds. The van der Waals surface area contributed by atoms with E-state index in [0.717, 1.165) is 4.90 Å². The summed E-state index contributed by atoms with van der Waals surface area (Å²) in [6.45, 7) is -0.657. The van der Waals surface area contributed by atoms with E-state index in [2.05, 4.69) is 5.32 Å². The molecular formula is C25H16Cl3FN2O4S. The molecule has 1 saturated heterocycles. The molecule has 1 aliphatic rings. The van der Waals surface area contributed by atoms with Gasteiger partial charge in [0, 0.05) is 21.2 Å². The summed E-state index contributed by atoms with van der Waals surface area (Å²) < 4.78 is 19.8. The van der Waals surface area contributed by atoms with Crippen molar-refractivity contribution in [1.82, 2.24) is 4.90 Å². The molecule has 0 radical (unpaired) electrons. The van der Waals surface area contributed by atoms with E-state index >= 15 is 0 Å². The molecule has 0 spiro atoms. The molecule has 3 aromatic rings. The number of imide groups is 1. The Morgan fingerprint density at radius 1 is 1.03 bits per heavy atom. The van der Waals surface area contributed by atoms with E-state index in [-0.39, 0.29) is 34.4 Å². The van der Waals surface area contributed by atoms with E-state index in [9.17, 15) is 18.8 Å². The molecule has 3 aromatic carbocycles. The second kappa shape index (κ2) is 11.3. The standard InChI is InChI=1S/C25H16Cl3FN2O4S/c26-15-8-9-21(35-13-23(32)30-20-7-2-1-4-18(20)28)14(10-15)11-22-24(33)31(25(34)36-22)12-16-17(27)5-3-6-19(16)29/h1-11H,12-13H2,(H,30,32)/b22-11-. The first-order valence-corrected chi connectivity index (χ1v) is 12.3. The summed E-state index contributed by atoms with van der Waals surface area (Å²) in [7, 11) is 0. The van der Waals surface area contributed by atoms with Crippen LogP contribution in [0.2, 0.25) is 15.1 Å². The van der Waals surface area contributed by atoms with Crippen LogP contribution in [0.25, 0.3) is 6.08 Å². The molecule has 36 heavy (non-hydrogen) atoms. The topological polar surface area (TPSA) is 75.7 Å². The van der Waals surface area contributed by atoms with E-state index in [1.807, 2.05) is 0 Å².